The van der Waals surface area contributed by atoms with Crippen LogP contribution >= 0.6 is 0 Å². The summed E-state index contributed by atoms with van der Waals surface area (Å²) in [6, 6.07) is 0.244. The quantitative estimate of drug-likeness (QED) is 0.734. The topological polar surface area (TPSA) is 29.3 Å². The third-order valence-corrected chi connectivity index (χ3v) is 2.13. The smallest absolute Gasteiger partial charge is 0.0228 e. The first-order valence-corrected chi connectivity index (χ1v) is 5.15. The van der Waals surface area contributed by atoms with E-state index in [2.05, 4.69) is 42.3 Å². The molecule has 1 rings (SSSR count). The third kappa shape index (κ3) is 4.40. The molecule has 0 amide bonds. The van der Waals surface area contributed by atoms with Gasteiger partial charge in [0.2, 0.25) is 0 Å². The van der Waals surface area contributed by atoms with Crippen molar-refractivity contribution in [3.05, 3.63) is 36.0 Å². The van der Waals surface area contributed by atoms with Gasteiger partial charge in [-0.2, -0.15) is 0 Å². The minimum atomic E-state index is 0.244. The normalized spacial score (nSPS) is 18.1. The molecule has 0 heterocycles. The average Bonchev–Trinajstić information content (AvgIpc) is 2.31. The van der Waals surface area contributed by atoms with Crippen LogP contribution in [0, 0.1) is 0 Å². The Morgan fingerprint density at radius 2 is 2.29 bits per heavy atom. The predicted molar refractivity (Wildman–Crippen MR) is 62.1 cm³/mol. The van der Waals surface area contributed by atoms with E-state index in [1.54, 1.807) is 0 Å². The fourth-order valence-electron chi connectivity index (χ4n) is 1.61. The molecular weight excluding hydrogens is 172 g/mol. The molecular formula is C12H20N2. The van der Waals surface area contributed by atoms with Gasteiger partial charge in [-0.3, -0.25) is 0 Å². The Kier molecular flexibility index (Phi) is 4.63. The summed E-state index contributed by atoms with van der Waals surface area (Å²) in [6.45, 7) is 3.97. The first kappa shape index (κ1) is 11.2. The summed E-state index contributed by atoms with van der Waals surface area (Å²) < 4.78 is 0. The Balaban J connectivity index is 2.39. The van der Waals surface area contributed by atoms with Crippen molar-refractivity contribution in [3.8, 4) is 0 Å². The molecule has 0 aromatic rings. The molecule has 78 valence electrons. The van der Waals surface area contributed by atoms with Crippen LogP contribution in [0.5, 0.6) is 0 Å². The predicted octanol–water partition coefficient (Wildman–Crippen LogP) is 1.71. The maximum absolute atomic E-state index is 5.74. The van der Waals surface area contributed by atoms with Crippen LogP contribution in [-0.4, -0.2) is 31.1 Å². The Morgan fingerprint density at radius 3 is 3.00 bits per heavy atom. The van der Waals surface area contributed by atoms with Crippen molar-refractivity contribution in [2.24, 2.45) is 5.73 Å². The molecule has 0 spiro atoms. The van der Waals surface area contributed by atoms with Crippen molar-refractivity contribution in [2.75, 3.05) is 20.1 Å². The summed E-state index contributed by atoms with van der Waals surface area (Å²) in [5.74, 6) is 0. The molecule has 0 radical (unpaired) electrons. The molecule has 0 aromatic carbocycles. The van der Waals surface area contributed by atoms with E-state index < -0.39 is 0 Å². The summed E-state index contributed by atoms with van der Waals surface area (Å²) in [6.07, 6.45) is 11.8. The molecule has 2 N–H and O–H groups in total. The number of hydrogen-bond donors (Lipinski definition) is 1. The molecule has 0 unspecified atom stereocenters. The standard InChI is InChI=1S/C12H20N2/c1-11(13)9-14(2)10-12-7-5-3-4-6-8-12/h3-5,7-8,11H,6,9-10,13H2,1-2H3/t11-/m1/s1. The average molecular weight is 192 g/mol. The lowest BCUT2D eigenvalue weighted by Crippen LogP contribution is -2.33. The zero-order valence-electron chi connectivity index (χ0n) is 9.11. The fourth-order valence-corrected chi connectivity index (χ4v) is 1.61. The van der Waals surface area contributed by atoms with Crippen LogP contribution in [0.25, 0.3) is 0 Å². The molecule has 1 aliphatic carbocycles. The lowest BCUT2D eigenvalue weighted by Gasteiger charge is -2.19. The van der Waals surface area contributed by atoms with Gasteiger partial charge in [-0.05, 0) is 26.0 Å². The Morgan fingerprint density at radius 1 is 1.50 bits per heavy atom. The number of allylic oxidation sites excluding steroid dienone is 4. The third-order valence-electron chi connectivity index (χ3n) is 2.13. The van der Waals surface area contributed by atoms with Crippen LogP contribution in [-0.2, 0) is 0 Å². The monoisotopic (exact) mass is 192 g/mol. The first-order valence-electron chi connectivity index (χ1n) is 5.15. The molecule has 14 heavy (non-hydrogen) atoms. The second-order valence-electron chi connectivity index (χ2n) is 3.98. The van der Waals surface area contributed by atoms with Gasteiger partial charge >= 0.3 is 0 Å². The molecule has 1 atom stereocenters. The molecule has 2 heteroatoms. The van der Waals surface area contributed by atoms with E-state index >= 15 is 0 Å². The van der Waals surface area contributed by atoms with Gasteiger partial charge in [0, 0.05) is 19.1 Å². The number of hydrogen-bond acceptors (Lipinski definition) is 2. The molecule has 0 saturated heterocycles. The number of nitrogens with zero attached hydrogens (tertiary/aromatic N) is 1. The van der Waals surface area contributed by atoms with Gasteiger partial charge in [0.25, 0.3) is 0 Å². The minimum Gasteiger partial charge on any atom is -0.327 e. The fraction of sp³-hybridized carbons (Fsp3) is 0.500. The maximum Gasteiger partial charge on any atom is 0.0228 e. The van der Waals surface area contributed by atoms with E-state index in [0.29, 0.717) is 0 Å². The largest absolute Gasteiger partial charge is 0.327 e. The van der Waals surface area contributed by atoms with Crippen molar-refractivity contribution in [3.63, 3.8) is 0 Å². The molecule has 0 fully saturated rings. The van der Waals surface area contributed by atoms with Gasteiger partial charge in [-0.1, -0.05) is 30.4 Å². The van der Waals surface area contributed by atoms with Crippen LogP contribution in [0.1, 0.15) is 13.3 Å². The highest BCUT2D eigenvalue weighted by molar-refractivity contribution is 5.27. The molecule has 2 nitrogen and oxygen atoms in total. The Bertz CT molecular complexity index is 249. The molecule has 1 aliphatic rings. The second-order valence-corrected chi connectivity index (χ2v) is 3.98. The van der Waals surface area contributed by atoms with Gasteiger partial charge < -0.3 is 10.6 Å². The van der Waals surface area contributed by atoms with Gasteiger partial charge in [0.05, 0.1) is 0 Å². The maximum atomic E-state index is 5.74. The summed E-state index contributed by atoms with van der Waals surface area (Å²) in [5.41, 5.74) is 7.11. The van der Waals surface area contributed by atoms with Crippen LogP contribution in [0.2, 0.25) is 0 Å². The SMILES string of the molecule is C[C@@H](N)CN(C)CC1=CCC=CC=C1. The zero-order valence-corrected chi connectivity index (χ0v) is 9.11. The van der Waals surface area contributed by atoms with Gasteiger partial charge in [-0.15, -0.1) is 0 Å². The van der Waals surface area contributed by atoms with Crippen molar-refractivity contribution in [1.82, 2.24) is 4.90 Å². The number of nitrogens with two attached hydrogens (primary N) is 1. The Hall–Kier alpha value is -0.860. The van der Waals surface area contributed by atoms with E-state index in [-0.39, 0.29) is 6.04 Å². The van der Waals surface area contributed by atoms with E-state index in [1.807, 2.05) is 6.92 Å². The molecule has 0 aromatic heterocycles. The molecule has 0 aliphatic heterocycles. The number of rotatable bonds is 4. The van der Waals surface area contributed by atoms with E-state index in [9.17, 15) is 0 Å². The lowest BCUT2D eigenvalue weighted by atomic mass is 10.2. The highest BCUT2D eigenvalue weighted by Gasteiger charge is 2.03. The lowest BCUT2D eigenvalue weighted by molar-refractivity contribution is 0.344. The van der Waals surface area contributed by atoms with Crippen molar-refractivity contribution in [2.45, 2.75) is 19.4 Å². The van der Waals surface area contributed by atoms with Crippen molar-refractivity contribution >= 4 is 0 Å². The zero-order chi connectivity index (χ0) is 10.4. The van der Waals surface area contributed by atoms with Gasteiger partial charge in [0.15, 0.2) is 0 Å². The summed E-state index contributed by atoms with van der Waals surface area (Å²) >= 11 is 0. The van der Waals surface area contributed by atoms with E-state index in [0.717, 1.165) is 19.5 Å². The van der Waals surface area contributed by atoms with Crippen molar-refractivity contribution in [1.29, 1.82) is 0 Å². The van der Waals surface area contributed by atoms with Crippen LogP contribution in [0.15, 0.2) is 36.0 Å². The molecule has 0 bridgehead atoms. The van der Waals surface area contributed by atoms with E-state index in [1.165, 1.54) is 5.57 Å². The van der Waals surface area contributed by atoms with E-state index in [4.69, 9.17) is 5.73 Å². The summed E-state index contributed by atoms with van der Waals surface area (Å²) in [4.78, 5) is 2.26. The first-order chi connectivity index (χ1) is 6.68. The summed E-state index contributed by atoms with van der Waals surface area (Å²) in [7, 11) is 2.11. The summed E-state index contributed by atoms with van der Waals surface area (Å²) in [5, 5.41) is 0. The number of likely N-dealkylation sites (N-methyl/N-ethyl adjacent to an activating group) is 1. The molecule has 0 saturated carbocycles. The van der Waals surface area contributed by atoms with Crippen LogP contribution < -0.4 is 5.73 Å². The van der Waals surface area contributed by atoms with Gasteiger partial charge in [0.1, 0.15) is 0 Å². The minimum absolute atomic E-state index is 0.244. The highest BCUT2D eigenvalue weighted by atomic mass is 15.1. The highest BCUT2D eigenvalue weighted by Crippen LogP contribution is 2.06. The van der Waals surface area contributed by atoms with Crippen LogP contribution in [0.3, 0.4) is 0 Å². The second kappa shape index (κ2) is 5.78. The Labute approximate surface area is 86.8 Å². The van der Waals surface area contributed by atoms with Crippen LogP contribution in [0.4, 0.5) is 0 Å². The van der Waals surface area contributed by atoms with Gasteiger partial charge in [-0.25, -0.2) is 0 Å². The van der Waals surface area contributed by atoms with Crippen molar-refractivity contribution < 1.29 is 0 Å².